The van der Waals surface area contributed by atoms with Gasteiger partial charge in [-0.05, 0) is 25.5 Å². The third kappa shape index (κ3) is 1.91. The van der Waals surface area contributed by atoms with Crippen LogP contribution in [0.25, 0.3) is 16.7 Å². The van der Waals surface area contributed by atoms with Gasteiger partial charge in [0, 0.05) is 12.3 Å². The van der Waals surface area contributed by atoms with Crippen molar-refractivity contribution in [1.82, 2.24) is 19.2 Å². The first-order valence-electron chi connectivity index (χ1n) is 6.77. The van der Waals surface area contributed by atoms with Crippen LogP contribution >= 0.6 is 11.8 Å². The molecule has 0 unspecified atom stereocenters. The van der Waals surface area contributed by atoms with E-state index in [4.69, 9.17) is 0 Å². The molecule has 5 nitrogen and oxygen atoms in total. The summed E-state index contributed by atoms with van der Waals surface area (Å²) in [5.41, 5.74) is 0.871. The molecular formula is C14H16N4OS. The molecule has 0 saturated heterocycles. The summed E-state index contributed by atoms with van der Waals surface area (Å²) in [5.74, 6) is 1.61. The van der Waals surface area contributed by atoms with Crippen molar-refractivity contribution in [3.05, 3.63) is 34.6 Å². The summed E-state index contributed by atoms with van der Waals surface area (Å²) >= 11 is 1.67. The van der Waals surface area contributed by atoms with Gasteiger partial charge in [-0.3, -0.25) is 13.8 Å². The summed E-state index contributed by atoms with van der Waals surface area (Å²) in [6.45, 7) is 4.67. The molecule has 0 N–H and O–H groups in total. The van der Waals surface area contributed by atoms with E-state index in [1.807, 2.05) is 35.6 Å². The number of aromatic nitrogens is 4. The standard InChI is InChI=1S/C14H16N4OS/c1-3-9-20-14-16-15-13-17(4-2)12(19)10-7-5-6-8-11(10)18(13)14/h5-8H,3-4,9H2,1-2H3. The zero-order valence-corrected chi connectivity index (χ0v) is 12.4. The maximum Gasteiger partial charge on any atom is 0.262 e. The summed E-state index contributed by atoms with van der Waals surface area (Å²) in [7, 11) is 0. The number of benzene rings is 1. The second-order valence-electron chi connectivity index (χ2n) is 4.53. The Morgan fingerprint density at radius 2 is 2.00 bits per heavy atom. The number of hydrogen-bond acceptors (Lipinski definition) is 4. The van der Waals surface area contributed by atoms with E-state index in [1.54, 1.807) is 16.3 Å². The lowest BCUT2D eigenvalue weighted by Gasteiger charge is -2.09. The molecule has 2 heterocycles. The average molecular weight is 288 g/mol. The number of nitrogens with zero attached hydrogens (tertiary/aromatic N) is 4. The van der Waals surface area contributed by atoms with Gasteiger partial charge in [-0.15, -0.1) is 10.2 Å². The maximum absolute atomic E-state index is 12.5. The lowest BCUT2D eigenvalue weighted by molar-refractivity contribution is 0.733. The van der Waals surface area contributed by atoms with Gasteiger partial charge in [0.15, 0.2) is 5.16 Å². The van der Waals surface area contributed by atoms with Crippen molar-refractivity contribution >= 4 is 28.4 Å². The minimum absolute atomic E-state index is 0.00459. The lowest BCUT2D eigenvalue weighted by Crippen LogP contribution is -2.22. The Morgan fingerprint density at radius 1 is 1.20 bits per heavy atom. The van der Waals surface area contributed by atoms with Gasteiger partial charge in [0.25, 0.3) is 5.56 Å². The molecule has 0 fully saturated rings. The van der Waals surface area contributed by atoms with E-state index in [2.05, 4.69) is 17.1 Å². The molecule has 0 aliphatic carbocycles. The highest BCUT2D eigenvalue weighted by Crippen LogP contribution is 2.21. The van der Waals surface area contributed by atoms with Gasteiger partial charge in [0.1, 0.15) is 0 Å². The third-order valence-corrected chi connectivity index (χ3v) is 4.36. The minimum atomic E-state index is -0.00459. The topological polar surface area (TPSA) is 52.2 Å². The Balaban J connectivity index is 2.42. The summed E-state index contributed by atoms with van der Waals surface area (Å²) in [6.07, 6.45) is 1.07. The highest BCUT2D eigenvalue weighted by atomic mass is 32.2. The summed E-state index contributed by atoms with van der Waals surface area (Å²) < 4.78 is 3.66. The second kappa shape index (κ2) is 5.28. The molecule has 0 aliphatic rings. The number of rotatable bonds is 4. The van der Waals surface area contributed by atoms with Crippen molar-refractivity contribution in [3.8, 4) is 0 Å². The molecule has 20 heavy (non-hydrogen) atoms. The predicted molar refractivity (Wildman–Crippen MR) is 81.4 cm³/mol. The van der Waals surface area contributed by atoms with Crippen molar-refractivity contribution in [2.24, 2.45) is 0 Å². The van der Waals surface area contributed by atoms with Crippen LogP contribution in [0.15, 0.2) is 34.2 Å². The van der Waals surface area contributed by atoms with Gasteiger partial charge in [0.05, 0.1) is 10.9 Å². The monoisotopic (exact) mass is 288 g/mol. The van der Waals surface area contributed by atoms with Crippen LogP contribution < -0.4 is 5.56 Å². The van der Waals surface area contributed by atoms with E-state index in [1.165, 1.54) is 0 Å². The summed E-state index contributed by atoms with van der Waals surface area (Å²) in [5, 5.41) is 10.0. The second-order valence-corrected chi connectivity index (χ2v) is 5.60. The predicted octanol–water partition coefficient (Wildman–Crippen LogP) is 2.57. The number of thioether (sulfide) groups is 1. The molecule has 0 spiro atoms. The van der Waals surface area contributed by atoms with E-state index < -0.39 is 0 Å². The molecule has 2 aromatic heterocycles. The van der Waals surface area contributed by atoms with E-state index in [-0.39, 0.29) is 5.56 Å². The molecule has 3 rings (SSSR count). The van der Waals surface area contributed by atoms with E-state index >= 15 is 0 Å². The Hall–Kier alpha value is -1.82. The number of aryl methyl sites for hydroxylation is 1. The summed E-state index contributed by atoms with van der Waals surface area (Å²) in [6, 6.07) is 7.63. The Morgan fingerprint density at radius 3 is 2.75 bits per heavy atom. The first-order valence-corrected chi connectivity index (χ1v) is 7.76. The van der Waals surface area contributed by atoms with Crippen LogP contribution in [0, 0.1) is 0 Å². The largest absolute Gasteiger partial charge is 0.277 e. The number of fused-ring (bicyclic) bond motifs is 3. The summed E-state index contributed by atoms with van der Waals surface area (Å²) in [4.78, 5) is 12.5. The Kier molecular flexibility index (Phi) is 3.48. The lowest BCUT2D eigenvalue weighted by atomic mass is 10.2. The van der Waals surface area contributed by atoms with Crippen molar-refractivity contribution in [1.29, 1.82) is 0 Å². The molecule has 0 saturated carbocycles. The molecule has 6 heteroatoms. The molecule has 0 radical (unpaired) electrons. The maximum atomic E-state index is 12.5. The molecule has 3 aromatic rings. The van der Waals surface area contributed by atoms with Crippen molar-refractivity contribution in [3.63, 3.8) is 0 Å². The smallest absolute Gasteiger partial charge is 0.262 e. The van der Waals surface area contributed by atoms with Crippen LogP contribution in [-0.2, 0) is 6.54 Å². The third-order valence-electron chi connectivity index (χ3n) is 3.23. The van der Waals surface area contributed by atoms with Crippen molar-refractivity contribution in [2.75, 3.05) is 5.75 Å². The van der Waals surface area contributed by atoms with Gasteiger partial charge >= 0.3 is 0 Å². The molecule has 104 valence electrons. The molecule has 1 aromatic carbocycles. The van der Waals surface area contributed by atoms with E-state index in [9.17, 15) is 4.79 Å². The fourth-order valence-electron chi connectivity index (χ4n) is 2.31. The van der Waals surface area contributed by atoms with Crippen LogP contribution in [0.5, 0.6) is 0 Å². The molecule has 0 aliphatic heterocycles. The fraction of sp³-hybridized carbons (Fsp3) is 0.357. The Labute approximate surface area is 120 Å². The van der Waals surface area contributed by atoms with Crippen molar-refractivity contribution in [2.45, 2.75) is 32.0 Å². The van der Waals surface area contributed by atoms with Crippen LogP contribution in [0.3, 0.4) is 0 Å². The molecule has 0 atom stereocenters. The SMILES string of the molecule is CCCSc1nnc2n(CC)c(=O)c3ccccc3n12. The normalized spacial score (nSPS) is 11.5. The van der Waals surface area contributed by atoms with Gasteiger partial charge in [-0.25, -0.2) is 0 Å². The minimum Gasteiger partial charge on any atom is -0.277 e. The Bertz CT molecular complexity index is 821. The number of para-hydroxylation sites is 1. The van der Waals surface area contributed by atoms with Gasteiger partial charge in [0.2, 0.25) is 5.78 Å². The molecular weight excluding hydrogens is 272 g/mol. The zero-order chi connectivity index (χ0) is 14.1. The van der Waals surface area contributed by atoms with E-state index in [0.29, 0.717) is 17.7 Å². The van der Waals surface area contributed by atoms with Crippen LogP contribution in [0.1, 0.15) is 20.3 Å². The van der Waals surface area contributed by atoms with E-state index in [0.717, 1.165) is 22.8 Å². The number of hydrogen-bond donors (Lipinski definition) is 0. The first kappa shape index (κ1) is 13.2. The van der Waals surface area contributed by atoms with Crippen LogP contribution in [0.4, 0.5) is 0 Å². The fourth-order valence-corrected chi connectivity index (χ4v) is 3.10. The molecule has 0 amide bonds. The highest BCUT2D eigenvalue weighted by Gasteiger charge is 2.15. The highest BCUT2D eigenvalue weighted by molar-refractivity contribution is 7.99. The molecule has 0 bridgehead atoms. The van der Waals surface area contributed by atoms with Gasteiger partial charge in [-0.1, -0.05) is 30.8 Å². The van der Waals surface area contributed by atoms with Crippen molar-refractivity contribution < 1.29 is 0 Å². The average Bonchev–Trinajstić information content (AvgIpc) is 2.90. The first-order chi connectivity index (χ1) is 9.77. The quantitative estimate of drug-likeness (QED) is 0.692. The van der Waals surface area contributed by atoms with Crippen LogP contribution in [0.2, 0.25) is 0 Å². The van der Waals surface area contributed by atoms with Gasteiger partial charge < -0.3 is 0 Å². The van der Waals surface area contributed by atoms with Crippen LogP contribution in [-0.4, -0.2) is 24.9 Å². The van der Waals surface area contributed by atoms with Gasteiger partial charge in [-0.2, -0.15) is 0 Å². The zero-order valence-electron chi connectivity index (χ0n) is 11.5.